The maximum atomic E-state index is 11.2. The summed E-state index contributed by atoms with van der Waals surface area (Å²) in [7, 11) is 0. The Hall–Kier alpha value is -2.04. The molecule has 0 spiro atoms. The Balaban J connectivity index is 1.72. The zero-order valence-corrected chi connectivity index (χ0v) is 15.0. The molecule has 1 aliphatic heterocycles. The Kier molecular flexibility index (Phi) is 5.30. The van der Waals surface area contributed by atoms with Crippen molar-refractivity contribution in [2.75, 3.05) is 13.1 Å². The molecule has 2 atom stereocenters. The summed E-state index contributed by atoms with van der Waals surface area (Å²) in [5.41, 5.74) is 1.62. The van der Waals surface area contributed by atoms with E-state index in [4.69, 9.17) is 4.74 Å². The number of ether oxygens (including phenoxy) is 1. The van der Waals surface area contributed by atoms with E-state index in [0.29, 0.717) is 18.6 Å². The smallest absolute Gasteiger partial charge is 0.155 e. The molecule has 2 aromatic rings. The summed E-state index contributed by atoms with van der Waals surface area (Å²) in [5, 5.41) is 20.6. The molecule has 0 aliphatic carbocycles. The van der Waals surface area contributed by atoms with Crippen molar-refractivity contribution in [2.45, 2.75) is 44.9 Å². The number of phenolic OH excluding ortho intramolecular Hbond substituents is 1. The highest BCUT2D eigenvalue weighted by Crippen LogP contribution is 2.32. The van der Waals surface area contributed by atoms with E-state index in [2.05, 4.69) is 43.0 Å². The van der Waals surface area contributed by atoms with Gasteiger partial charge in [-0.25, -0.2) is 0 Å². The van der Waals surface area contributed by atoms with Crippen LogP contribution in [0.15, 0.2) is 48.5 Å². The molecule has 2 unspecified atom stereocenters. The fourth-order valence-corrected chi connectivity index (χ4v) is 3.46. The van der Waals surface area contributed by atoms with Crippen molar-refractivity contribution in [3.63, 3.8) is 0 Å². The number of aryl methyl sites for hydroxylation is 1. The average molecular weight is 341 g/mol. The van der Waals surface area contributed by atoms with Crippen molar-refractivity contribution in [2.24, 2.45) is 0 Å². The molecular weight excluding hydrogens is 314 g/mol. The number of aliphatic hydroxyl groups is 1. The van der Waals surface area contributed by atoms with Crippen molar-refractivity contribution in [3.8, 4) is 11.5 Å². The summed E-state index contributed by atoms with van der Waals surface area (Å²) in [6.07, 6.45) is 1.78. The maximum Gasteiger partial charge on any atom is 0.155 e. The van der Waals surface area contributed by atoms with Crippen LogP contribution in [0.2, 0.25) is 0 Å². The summed E-state index contributed by atoms with van der Waals surface area (Å²) in [6, 6.07) is 15.1. The summed E-state index contributed by atoms with van der Waals surface area (Å²) in [4.78, 5) is 2.25. The molecule has 4 heteroatoms. The van der Waals surface area contributed by atoms with Gasteiger partial charge in [-0.3, -0.25) is 4.90 Å². The molecule has 0 bridgehead atoms. The Bertz CT molecular complexity index is 683. The van der Waals surface area contributed by atoms with E-state index in [1.165, 1.54) is 5.56 Å². The van der Waals surface area contributed by atoms with Gasteiger partial charge >= 0.3 is 0 Å². The van der Waals surface area contributed by atoms with Crippen LogP contribution >= 0.6 is 0 Å². The van der Waals surface area contributed by atoms with Crippen LogP contribution in [-0.4, -0.2) is 40.0 Å². The molecule has 4 nitrogen and oxygen atoms in total. The first-order valence-electron chi connectivity index (χ1n) is 8.95. The molecule has 0 saturated carbocycles. The topological polar surface area (TPSA) is 52.9 Å². The third-order valence-corrected chi connectivity index (χ3v) is 5.00. The highest BCUT2D eigenvalue weighted by molar-refractivity contribution is 5.30. The van der Waals surface area contributed by atoms with Gasteiger partial charge in [-0.1, -0.05) is 36.8 Å². The molecule has 0 amide bonds. The number of hydrogen-bond acceptors (Lipinski definition) is 4. The Labute approximate surface area is 149 Å². The number of hydrogen-bond donors (Lipinski definition) is 2. The summed E-state index contributed by atoms with van der Waals surface area (Å²) in [6.45, 7) is 5.86. The van der Waals surface area contributed by atoms with E-state index in [1.54, 1.807) is 24.3 Å². The van der Waals surface area contributed by atoms with Crippen LogP contribution in [0.1, 0.15) is 30.9 Å². The maximum absolute atomic E-state index is 11.2. The minimum Gasteiger partial charge on any atom is -0.508 e. The summed E-state index contributed by atoms with van der Waals surface area (Å²) < 4.78 is 6.12. The molecular formula is C21H27NO3. The summed E-state index contributed by atoms with van der Waals surface area (Å²) >= 11 is 0. The first-order chi connectivity index (χ1) is 12.0. The van der Waals surface area contributed by atoms with Crippen LogP contribution in [0.25, 0.3) is 0 Å². The van der Waals surface area contributed by atoms with Crippen molar-refractivity contribution < 1.29 is 14.9 Å². The number of aromatic hydroxyl groups is 1. The average Bonchev–Trinajstić information content (AvgIpc) is 2.59. The fourth-order valence-electron chi connectivity index (χ4n) is 3.46. The molecule has 0 aromatic heterocycles. The van der Waals surface area contributed by atoms with E-state index >= 15 is 0 Å². The first kappa shape index (κ1) is 17.8. The van der Waals surface area contributed by atoms with Crippen LogP contribution in [0, 0.1) is 6.92 Å². The second kappa shape index (κ2) is 7.46. The fraction of sp³-hybridized carbons (Fsp3) is 0.429. The predicted molar refractivity (Wildman–Crippen MR) is 98.8 cm³/mol. The van der Waals surface area contributed by atoms with Crippen LogP contribution in [0.5, 0.6) is 11.5 Å². The zero-order chi connectivity index (χ0) is 17.9. The standard InChI is InChI=1S/C21H27NO3/c1-3-22-13-12-21(24,14-17-6-4-16(2)5-7-17)15-20(22)25-19-10-8-18(23)9-11-19/h4-11,20,23-24H,3,12-15H2,1-2H3. The Morgan fingerprint density at radius 3 is 2.44 bits per heavy atom. The number of likely N-dealkylation sites (tertiary alicyclic amines) is 1. The Morgan fingerprint density at radius 1 is 1.12 bits per heavy atom. The van der Waals surface area contributed by atoms with Crippen molar-refractivity contribution >= 4 is 0 Å². The quantitative estimate of drug-likeness (QED) is 0.874. The van der Waals surface area contributed by atoms with Gasteiger partial charge in [-0.05, 0) is 49.7 Å². The predicted octanol–water partition coefficient (Wildman–Crippen LogP) is 3.50. The minimum absolute atomic E-state index is 0.168. The molecule has 134 valence electrons. The van der Waals surface area contributed by atoms with Crippen LogP contribution in [-0.2, 0) is 6.42 Å². The molecule has 1 saturated heterocycles. The lowest BCUT2D eigenvalue weighted by molar-refractivity contribution is -0.103. The monoisotopic (exact) mass is 341 g/mol. The van der Waals surface area contributed by atoms with Gasteiger partial charge in [0.25, 0.3) is 0 Å². The van der Waals surface area contributed by atoms with Gasteiger partial charge in [0.2, 0.25) is 0 Å². The number of benzene rings is 2. The highest BCUT2D eigenvalue weighted by Gasteiger charge is 2.39. The van der Waals surface area contributed by atoms with E-state index in [1.807, 2.05) is 0 Å². The molecule has 3 rings (SSSR count). The van der Waals surface area contributed by atoms with Crippen molar-refractivity contribution in [3.05, 3.63) is 59.7 Å². The molecule has 2 N–H and O–H groups in total. The van der Waals surface area contributed by atoms with Gasteiger partial charge in [-0.2, -0.15) is 0 Å². The van der Waals surface area contributed by atoms with Gasteiger partial charge < -0.3 is 14.9 Å². The lowest BCUT2D eigenvalue weighted by Gasteiger charge is -2.43. The molecule has 1 fully saturated rings. The molecule has 1 heterocycles. The first-order valence-corrected chi connectivity index (χ1v) is 8.95. The van der Waals surface area contributed by atoms with Crippen LogP contribution < -0.4 is 4.74 Å². The second-order valence-electron chi connectivity index (χ2n) is 7.04. The lowest BCUT2D eigenvalue weighted by Crippen LogP contribution is -2.53. The highest BCUT2D eigenvalue weighted by atomic mass is 16.5. The van der Waals surface area contributed by atoms with E-state index < -0.39 is 5.60 Å². The van der Waals surface area contributed by atoms with E-state index in [-0.39, 0.29) is 12.0 Å². The number of rotatable bonds is 5. The van der Waals surface area contributed by atoms with Crippen LogP contribution in [0.3, 0.4) is 0 Å². The number of nitrogens with zero attached hydrogens (tertiary/aromatic N) is 1. The third kappa shape index (κ3) is 4.53. The van der Waals surface area contributed by atoms with Gasteiger partial charge in [0.15, 0.2) is 6.23 Å². The summed E-state index contributed by atoms with van der Waals surface area (Å²) in [5.74, 6) is 0.931. The SMILES string of the molecule is CCN1CCC(O)(Cc2ccc(C)cc2)CC1Oc1ccc(O)cc1. The number of piperidine rings is 1. The van der Waals surface area contributed by atoms with Crippen LogP contribution in [0.4, 0.5) is 0 Å². The molecule has 25 heavy (non-hydrogen) atoms. The number of phenols is 1. The van der Waals surface area contributed by atoms with E-state index in [0.717, 1.165) is 25.1 Å². The van der Waals surface area contributed by atoms with Gasteiger partial charge in [0, 0.05) is 19.4 Å². The van der Waals surface area contributed by atoms with Crippen molar-refractivity contribution in [1.29, 1.82) is 0 Å². The van der Waals surface area contributed by atoms with Gasteiger partial charge in [0.1, 0.15) is 11.5 Å². The van der Waals surface area contributed by atoms with Gasteiger partial charge in [-0.15, -0.1) is 0 Å². The minimum atomic E-state index is -0.761. The Morgan fingerprint density at radius 2 is 1.80 bits per heavy atom. The van der Waals surface area contributed by atoms with Gasteiger partial charge in [0.05, 0.1) is 5.60 Å². The third-order valence-electron chi connectivity index (χ3n) is 5.00. The molecule has 2 aromatic carbocycles. The zero-order valence-electron chi connectivity index (χ0n) is 15.0. The normalized spacial score (nSPS) is 24.2. The molecule has 1 aliphatic rings. The largest absolute Gasteiger partial charge is 0.508 e. The lowest BCUT2D eigenvalue weighted by atomic mass is 9.84. The molecule has 0 radical (unpaired) electrons. The van der Waals surface area contributed by atoms with E-state index in [9.17, 15) is 10.2 Å². The second-order valence-corrected chi connectivity index (χ2v) is 7.04. The van der Waals surface area contributed by atoms with Crippen molar-refractivity contribution in [1.82, 2.24) is 4.90 Å².